The number of likely N-dealkylation sites (N-methyl/N-ethyl adjacent to an activating group) is 1. The second kappa shape index (κ2) is 10.9. The van der Waals surface area contributed by atoms with Crippen molar-refractivity contribution in [3.8, 4) is 0 Å². The molecule has 9 nitrogen and oxygen atoms in total. The average molecular weight is 507 g/mol. The topological polar surface area (TPSA) is 96.7 Å². The summed E-state index contributed by atoms with van der Waals surface area (Å²) >= 11 is 0. The van der Waals surface area contributed by atoms with Gasteiger partial charge in [0.05, 0.1) is 12.6 Å². The molecule has 2 N–H and O–H groups in total. The first-order valence-electron chi connectivity index (χ1n) is 9.42. The fourth-order valence-electron chi connectivity index (χ4n) is 2.80. The van der Waals surface area contributed by atoms with Crippen LogP contribution < -0.4 is 10.6 Å². The summed E-state index contributed by atoms with van der Waals surface area (Å²) in [5, 5.41) is 14.5. The standard InChI is InChI=1S/C18H33N7O2.HI/c1-13-22-23-15(25(13)6)11-20-17(19-10-14-8-7-9-27-14)24(5)12-16(26)21-18(2,3)4;/h14H,7-12H2,1-6H3,(H,19,20)(H,21,26);1H. The highest BCUT2D eigenvalue weighted by Crippen LogP contribution is 2.10. The molecule has 0 saturated carbocycles. The molecule has 1 aliphatic rings. The smallest absolute Gasteiger partial charge is 0.240 e. The van der Waals surface area contributed by atoms with E-state index in [1.807, 2.05) is 51.3 Å². The van der Waals surface area contributed by atoms with Gasteiger partial charge in [-0.1, -0.05) is 0 Å². The Morgan fingerprint density at radius 1 is 1.39 bits per heavy atom. The summed E-state index contributed by atoms with van der Waals surface area (Å²) in [5.41, 5.74) is -0.267. The van der Waals surface area contributed by atoms with Crippen molar-refractivity contribution in [3.05, 3.63) is 11.6 Å². The minimum atomic E-state index is -0.267. The van der Waals surface area contributed by atoms with Crippen LogP contribution >= 0.6 is 24.0 Å². The first-order chi connectivity index (χ1) is 12.7. The predicted octanol–water partition coefficient (Wildman–Crippen LogP) is 1.21. The van der Waals surface area contributed by atoms with Crippen molar-refractivity contribution in [2.75, 3.05) is 26.7 Å². The third kappa shape index (κ3) is 7.90. The Kier molecular flexibility index (Phi) is 9.61. The molecule has 1 amide bonds. The fraction of sp³-hybridized carbons (Fsp3) is 0.778. The number of hydrogen-bond donors (Lipinski definition) is 2. The molecule has 0 bridgehead atoms. The van der Waals surface area contributed by atoms with E-state index >= 15 is 0 Å². The van der Waals surface area contributed by atoms with Crippen LogP contribution in [0, 0.1) is 6.92 Å². The van der Waals surface area contributed by atoms with Crippen molar-refractivity contribution >= 4 is 35.8 Å². The molecular formula is C18H34IN7O2. The normalized spacial score (nSPS) is 17.2. The molecular weight excluding hydrogens is 473 g/mol. The monoisotopic (exact) mass is 507 g/mol. The summed E-state index contributed by atoms with van der Waals surface area (Å²) in [5.74, 6) is 2.21. The maximum Gasteiger partial charge on any atom is 0.240 e. The van der Waals surface area contributed by atoms with Gasteiger partial charge in [-0.2, -0.15) is 0 Å². The van der Waals surface area contributed by atoms with Crippen LogP contribution in [0.3, 0.4) is 0 Å². The van der Waals surface area contributed by atoms with Crippen molar-refractivity contribution in [2.45, 2.75) is 58.7 Å². The molecule has 1 fully saturated rings. The van der Waals surface area contributed by atoms with Crippen molar-refractivity contribution in [2.24, 2.45) is 12.0 Å². The van der Waals surface area contributed by atoms with Gasteiger partial charge in [-0.25, -0.2) is 4.99 Å². The highest BCUT2D eigenvalue weighted by atomic mass is 127. The van der Waals surface area contributed by atoms with Gasteiger partial charge in [0, 0.05) is 32.8 Å². The van der Waals surface area contributed by atoms with Crippen molar-refractivity contribution in [1.82, 2.24) is 30.3 Å². The summed E-state index contributed by atoms with van der Waals surface area (Å²) in [6, 6.07) is 0. The number of nitrogens with zero attached hydrogens (tertiary/aromatic N) is 5. The number of ether oxygens (including phenoxy) is 1. The zero-order valence-corrected chi connectivity index (χ0v) is 20.1. The number of aliphatic imine (C=N–C) groups is 1. The molecule has 1 aromatic heterocycles. The molecule has 160 valence electrons. The zero-order chi connectivity index (χ0) is 20.0. The first kappa shape index (κ1) is 24.6. The number of carbonyl (C=O) groups is 1. The number of aromatic nitrogens is 3. The minimum Gasteiger partial charge on any atom is -0.376 e. The molecule has 1 atom stereocenters. The quantitative estimate of drug-likeness (QED) is 0.342. The molecule has 0 spiro atoms. The molecule has 0 radical (unpaired) electrons. The van der Waals surface area contributed by atoms with Gasteiger partial charge in [-0.05, 0) is 40.5 Å². The SMILES string of the molecule is Cc1nnc(CN=C(NCC2CCCO2)N(C)CC(=O)NC(C)(C)C)n1C.I. The second-order valence-electron chi connectivity index (χ2n) is 8.03. The molecule has 1 saturated heterocycles. The molecule has 0 aliphatic carbocycles. The van der Waals surface area contributed by atoms with E-state index in [9.17, 15) is 4.79 Å². The van der Waals surface area contributed by atoms with Crippen LogP contribution in [0.2, 0.25) is 0 Å². The lowest BCUT2D eigenvalue weighted by molar-refractivity contribution is -0.122. The van der Waals surface area contributed by atoms with E-state index in [4.69, 9.17) is 4.74 Å². The highest BCUT2D eigenvalue weighted by Gasteiger charge is 2.20. The Morgan fingerprint density at radius 3 is 2.64 bits per heavy atom. The number of hydrogen-bond acceptors (Lipinski definition) is 5. The molecule has 1 unspecified atom stereocenters. The number of rotatable bonds is 6. The van der Waals surface area contributed by atoms with Gasteiger partial charge in [-0.15, -0.1) is 34.2 Å². The number of nitrogens with one attached hydrogen (secondary N) is 2. The minimum absolute atomic E-state index is 0. The maximum atomic E-state index is 12.3. The van der Waals surface area contributed by atoms with Crippen LogP contribution in [0.4, 0.5) is 0 Å². The van der Waals surface area contributed by atoms with Gasteiger partial charge in [0.25, 0.3) is 0 Å². The predicted molar refractivity (Wildman–Crippen MR) is 120 cm³/mol. The molecule has 0 aromatic carbocycles. The van der Waals surface area contributed by atoms with Crippen LogP contribution in [-0.2, 0) is 23.1 Å². The van der Waals surface area contributed by atoms with Gasteiger partial charge in [-0.3, -0.25) is 4.79 Å². The van der Waals surface area contributed by atoms with Crippen LogP contribution in [0.25, 0.3) is 0 Å². The van der Waals surface area contributed by atoms with Crippen molar-refractivity contribution in [1.29, 1.82) is 0 Å². The van der Waals surface area contributed by atoms with Crippen molar-refractivity contribution in [3.63, 3.8) is 0 Å². The highest BCUT2D eigenvalue weighted by molar-refractivity contribution is 14.0. The lowest BCUT2D eigenvalue weighted by Crippen LogP contribution is -2.49. The third-order valence-electron chi connectivity index (χ3n) is 4.32. The summed E-state index contributed by atoms with van der Waals surface area (Å²) in [4.78, 5) is 18.7. The van der Waals surface area contributed by atoms with Crippen molar-refractivity contribution < 1.29 is 9.53 Å². The summed E-state index contributed by atoms with van der Waals surface area (Å²) < 4.78 is 7.58. The van der Waals surface area contributed by atoms with E-state index in [1.54, 1.807) is 0 Å². The Morgan fingerprint density at radius 2 is 2.11 bits per heavy atom. The van der Waals surface area contributed by atoms with Gasteiger partial charge in [0.2, 0.25) is 5.91 Å². The van der Waals surface area contributed by atoms with E-state index in [0.717, 1.165) is 31.1 Å². The number of guanidine groups is 1. The van der Waals surface area contributed by atoms with Gasteiger partial charge >= 0.3 is 0 Å². The van der Waals surface area contributed by atoms with E-state index in [0.29, 0.717) is 19.0 Å². The van der Waals surface area contributed by atoms with E-state index in [2.05, 4.69) is 25.8 Å². The summed E-state index contributed by atoms with van der Waals surface area (Å²) in [7, 11) is 3.77. The lowest BCUT2D eigenvalue weighted by atomic mass is 10.1. The Hall–Kier alpha value is -1.43. The van der Waals surface area contributed by atoms with E-state index in [-0.39, 0.29) is 48.1 Å². The molecule has 1 aromatic rings. The number of carbonyl (C=O) groups excluding carboxylic acids is 1. The van der Waals surface area contributed by atoms with Gasteiger partial charge in [0.15, 0.2) is 11.8 Å². The van der Waals surface area contributed by atoms with E-state index < -0.39 is 0 Å². The third-order valence-corrected chi connectivity index (χ3v) is 4.32. The van der Waals surface area contributed by atoms with Crippen LogP contribution in [0.15, 0.2) is 4.99 Å². The molecule has 2 rings (SSSR count). The Labute approximate surface area is 184 Å². The zero-order valence-electron chi connectivity index (χ0n) is 17.8. The number of amides is 1. The number of halogens is 1. The Balaban J connectivity index is 0.00000392. The summed E-state index contributed by atoms with van der Waals surface area (Å²) in [6.07, 6.45) is 2.31. The summed E-state index contributed by atoms with van der Waals surface area (Å²) in [6.45, 7) is 9.87. The lowest BCUT2D eigenvalue weighted by Gasteiger charge is -2.26. The molecule has 1 aliphatic heterocycles. The largest absolute Gasteiger partial charge is 0.376 e. The van der Waals surface area contributed by atoms with E-state index in [1.165, 1.54) is 0 Å². The second-order valence-corrected chi connectivity index (χ2v) is 8.03. The van der Waals surface area contributed by atoms with Crippen LogP contribution in [0.1, 0.15) is 45.3 Å². The Bertz CT molecular complexity index is 663. The molecule has 28 heavy (non-hydrogen) atoms. The maximum absolute atomic E-state index is 12.3. The fourth-order valence-corrected chi connectivity index (χ4v) is 2.80. The van der Waals surface area contributed by atoms with Crippen LogP contribution in [0.5, 0.6) is 0 Å². The van der Waals surface area contributed by atoms with Crippen LogP contribution in [-0.4, -0.2) is 69.9 Å². The first-order valence-corrected chi connectivity index (χ1v) is 9.42. The van der Waals surface area contributed by atoms with Gasteiger partial charge < -0.3 is 24.8 Å². The molecule has 10 heteroatoms. The average Bonchev–Trinajstić information content (AvgIpc) is 3.17. The number of aryl methyl sites for hydroxylation is 1. The molecule has 2 heterocycles. The van der Waals surface area contributed by atoms with Gasteiger partial charge in [0.1, 0.15) is 12.4 Å².